The van der Waals surface area contributed by atoms with Crippen molar-refractivity contribution in [2.24, 2.45) is 17.1 Å². The average Bonchev–Trinajstić information content (AvgIpc) is 1.66. The van der Waals surface area contributed by atoms with Gasteiger partial charge >= 0.3 is 0 Å². The summed E-state index contributed by atoms with van der Waals surface area (Å²) in [4.78, 5) is 0. The van der Waals surface area contributed by atoms with Gasteiger partial charge in [0.1, 0.15) is 0 Å². The molecule has 2 heteroatoms. The summed E-state index contributed by atoms with van der Waals surface area (Å²) in [5.41, 5.74) is 6.07. The van der Waals surface area contributed by atoms with Crippen LogP contribution in [0.5, 0.6) is 0 Å². The van der Waals surface area contributed by atoms with E-state index in [2.05, 4.69) is 13.8 Å². The van der Waals surface area contributed by atoms with Crippen LogP contribution in [0.2, 0.25) is 0 Å². The lowest BCUT2D eigenvalue weighted by molar-refractivity contribution is 0.0800. The molecule has 0 heterocycles. The van der Waals surface area contributed by atoms with Crippen molar-refractivity contribution in [3.63, 3.8) is 0 Å². The van der Waals surface area contributed by atoms with E-state index in [1.54, 1.807) is 0 Å². The lowest BCUT2D eigenvalue weighted by atomic mass is 9.63. The first-order chi connectivity index (χ1) is 3.67. The van der Waals surface area contributed by atoms with Crippen molar-refractivity contribution in [3.8, 4) is 0 Å². The molecule has 1 nitrogen and oxygen atoms in total. The zero-order valence-electron chi connectivity index (χ0n) is 6.18. The molecule has 1 aliphatic carbocycles. The molecule has 0 unspecified atom stereocenters. The van der Waals surface area contributed by atoms with Crippen molar-refractivity contribution in [1.29, 1.82) is 0 Å². The van der Waals surface area contributed by atoms with Crippen LogP contribution < -0.4 is 5.73 Å². The molecule has 0 aromatic heterocycles. The molecule has 0 saturated heterocycles. The van der Waals surface area contributed by atoms with E-state index in [0.717, 1.165) is 12.5 Å². The highest BCUT2D eigenvalue weighted by Gasteiger charge is 2.36. The zero-order chi connectivity index (χ0) is 6.20. The van der Waals surface area contributed by atoms with Gasteiger partial charge in [0.05, 0.1) is 0 Å². The molecule has 0 aromatic carbocycles. The monoisotopic (exact) mass is 149 g/mol. The second-order valence-electron chi connectivity index (χ2n) is 3.46. The summed E-state index contributed by atoms with van der Waals surface area (Å²) in [6.07, 6.45) is 2.72. The molecule has 9 heavy (non-hydrogen) atoms. The van der Waals surface area contributed by atoms with E-state index >= 15 is 0 Å². The van der Waals surface area contributed by atoms with Crippen LogP contribution in [0.25, 0.3) is 0 Å². The Morgan fingerprint density at radius 1 is 1.56 bits per heavy atom. The summed E-state index contributed by atoms with van der Waals surface area (Å²) in [6.45, 7) is 5.48. The number of halogens is 1. The summed E-state index contributed by atoms with van der Waals surface area (Å²) in [5, 5.41) is 0. The summed E-state index contributed by atoms with van der Waals surface area (Å²) in [7, 11) is 0. The van der Waals surface area contributed by atoms with Crippen molar-refractivity contribution in [2.75, 3.05) is 6.54 Å². The van der Waals surface area contributed by atoms with Gasteiger partial charge in [0, 0.05) is 0 Å². The first-order valence-electron chi connectivity index (χ1n) is 3.37. The highest BCUT2D eigenvalue weighted by molar-refractivity contribution is 5.85. The van der Waals surface area contributed by atoms with Gasteiger partial charge in [-0.2, -0.15) is 0 Å². The highest BCUT2D eigenvalue weighted by Crippen LogP contribution is 2.44. The van der Waals surface area contributed by atoms with E-state index in [1.165, 1.54) is 12.8 Å². The van der Waals surface area contributed by atoms with Crippen molar-refractivity contribution in [3.05, 3.63) is 0 Å². The first kappa shape index (κ1) is 9.25. The van der Waals surface area contributed by atoms with Crippen LogP contribution >= 0.6 is 12.4 Å². The van der Waals surface area contributed by atoms with Crippen molar-refractivity contribution >= 4 is 12.4 Å². The zero-order valence-corrected chi connectivity index (χ0v) is 7.00. The Hall–Kier alpha value is 0.250. The number of rotatable bonds is 1. The van der Waals surface area contributed by atoms with Gasteiger partial charge < -0.3 is 5.73 Å². The Labute approximate surface area is 63.4 Å². The van der Waals surface area contributed by atoms with Gasteiger partial charge in [0.2, 0.25) is 0 Å². The molecule has 1 saturated carbocycles. The minimum atomic E-state index is 0. The molecule has 0 radical (unpaired) electrons. The maximum Gasteiger partial charge on any atom is -0.00438 e. The number of hydrogen-bond donors (Lipinski definition) is 1. The first-order valence-corrected chi connectivity index (χ1v) is 3.37. The Bertz CT molecular complexity index is 88.9. The van der Waals surface area contributed by atoms with E-state index in [0.29, 0.717) is 5.41 Å². The Kier molecular flexibility index (Phi) is 2.97. The van der Waals surface area contributed by atoms with Crippen LogP contribution in [0.15, 0.2) is 0 Å². The van der Waals surface area contributed by atoms with Crippen molar-refractivity contribution in [1.82, 2.24) is 0 Å². The normalized spacial score (nSPS) is 30.3. The van der Waals surface area contributed by atoms with E-state index < -0.39 is 0 Å². The van der Waals surface area contributed by atoms with Crippen LogP contribution in [0.4, 0.5) is 0 Å². The third-order valence-corrected chi connectivity index (χ3v) is 2.53. The summed E-state index contributed by atoms with van der Waals surface area (Å²) in [6, 6.07) is 0. The van der Waals surface area contributed by atoms with Crippen molar-refractivity contribution in [2.45, 2.75) is 26.7 Å². The Balaban J connectivity index is 0.000000640. The third kappa shape index (κ3) is 1.59. The van der Waals surface area contributed by atoms with Gasteiger partial charge in [0.25, 0.3) is 0 Å². The molecule has 1 rings (SSSR count). The highest BCUT2D eigenvalue weighted by atomic mass is 35.5. The smallest absolute Gasteiger partial charge is 0.00438 e. The quantitative estimate of drug-likeness (QED) is 0.605. The minimum Gasteiger partial charge on any atom is -0.330 e. The maximum atomic E-state index is 5.51. The molecular formula is C7H16ClN. The fourth-order valence-corrected chi connectivity index (χ4v) is 1.36. The predicted molar refractivity (Wildman–Crippen MR) is 42.8 cm³/mol. The van der Waals surface area contributed by atoms with Gasteiger partial charge in [-0.15, -0.1) is 12.4 Å². The fraction of sp³-hybridized carbons (Fsp3) is 1.00. The molecule has 0 aliphatic heterocycles. The summed E-state index contributed by atoms with van der Waals surface area (Å²) in [5.74, 6) is 0.808. The molecule has 0 amide bonds. The van der Waals surface area contributed by atoms with Crippen molar-refractivity contribution < 1.29 is 0 Å². The summed E-state index contributed by atoms with van der Waals surface area (Å²) < 4.78 is 0. The van der Waals surface area contributed by atoms with Gasteiger partial charge in [-0.3, -0.25) is 0 Å². The topological polar surface area (TPSA) is 26.0 Å². The molecular weight excluding hydrogens is 134 g/mol. The Morgan fingerprint density at radius 2 is 2.11 bits per heavy atom. The van der Waals surface area contributed by atoms with Gasteiger partial charge in [-0.1, -0.05) is 13.8 Å². The van der Waals surface area contributed by atoms with Crippen LogP contribution in [-0.2, 0) is 0 Å². The van der Waals surface area contributed by atoms with Crippen LogP contribution in [0, 0.1) is 11.3 Å². The van der Waals surface area contributed by atoms with E-state index in [1.807, 2.05) is 0 Å². The van der Waals surface area contributed by atoms with Gasteiger partial charge in [-0.25, -0.2) is 0 Å². The third-order valence-electron chi connectivity index (χ3n) is 2.53. The second-order valence-corrected chi connectivity index (χ2v) is 3.46. The molecule has 0 bridgehead atoms. The number of hydrogen-bond acceptors (Lipinski definition) is 1. The van der Waals surface area contributed by atoms with Crippen LogP contribution in [0.3, 0.4) is 0 Å². The van der Waals surface area contributed by atoms with E-state index in [9.17, 15) is 0 Å². The minimum absolute atomic E-state index is 0. The lowest BCUT2D eigenvalue weighted by Gasteiger charge is -2.43. The largest absolute Gasteiger partial charge is 0.330 e. The predicted octanol–water partition coefficient (Wildman–Crippen LogP) is 1.80. The molecule has 1 aliphatic rings. The molecule has 0 aromatic rings. The average molecular weight is 150 g/mol. The molecule has 0 spiro atoms. The lowest BCUT2D eigenvalue weighted by Crippen LogP contribution is -2.39. The molecule has 1 atom stereocenters. The standard InChI is InChI=1S/C7H15N.ClH/c1-7(2)4-3-6(7)5-8;/h6H,3-5,8H2,1-2H3;1H/t6-;/m1./s1. The molecule has 1 fully saturated rings. The number of nitrogens with two attached hydrogens (primary N) is 1. The molecule has 2 N–H and O–H groups in total. The Morgan fingerprint density at radius 3 is 2.11 bits per heavy atom. The summed E-state index contributed by atoms with van der Waals surface area (Å²) >= 11 is 0. The van der Waals surface area contributed by atoms with E-state index in [4.69, 9.17) is 5.73 Å². The SMILES string of the molecule is CC1(C)CC[C@@H]1CN.Cl. The fourth-order valence-electron chi connectivity index (χ4n) is 1.36. The van der Waals surface area contributed by atoms with Gasteiger partial charge in [0.15, 0.2) is 0 Å². The van der Waals surface area contributed by atoms with Gasteiger partial charge in [-0.05, 0) is 30.7 Å². The maximum absolute atomic E-state index is 5.51. The van der Waals surface area contributed by atoms with E-state index in [-0.39, 0.29) is 12.4 Å². The van der Waals surface area contributed by atoms with Crippen LogP contribution in [0.1, 0.15) is 26.7 Å². The second kappa shape index (κ2) is 2.89. The van der Waals surface area contributed by atoms with Crippen LogP contribution in [-0.4, -0.2) is 6.54 Å². The molecule has 56 valence electrons.